The topological polar surface area (TPSA) is 17.1 Å². The number of Topliss-reactive ketones (excluding diaryl/α,β-unsaturated/α-hetero) is 1. The summed E-state index contributed by atoms with van der Waals surface area (Å²) in [4.78, 5) is 11.4. The van der Waals surface area contributed by atoms with Gasteiger partial charge in [0, 0.05) is 10.4 Å². The minimum absolute atomic E-state index is 0.155. The van der Waals surface area contributed by atoms with E-state index in [0.29, 0.717) is 0 Å². The van der Waals surface area contributed by atoms with Crippen molar-refractivity contribution >= 4 is 21.7 Å². The van der Waals surface area contributed by atoms with Gasteiger partial charge in [0.05, 0.1) is 0 Å². The maximum atomic E-state index is 11.4. The van der Waals surface area contributed by atoms with Crippen LogP contribution < -0.4 is 0 Å². The molecule has 0 aromatic carbocycles. The van der Waals surface area contributed by atoms with Crippen LogP contribution in [-0.2, 0) is 4.79 Å². The Hall–Kier alpha value is -1.15. The quantitative estimate of drug-likeness (QED) is 0.711. The smallest absolute Gasteiger partial charge is 0.156 e. The molecule has 16 heavy (non-hydrogen) atoms. The fourth-order valence-electron chi connectivity index (χ4n) is 1.88. The summed E-state index contributed by atoms with van der Waals surface area (Å²) in [7, 11) is 0. The van der Waals surface area contributed by atoms with E-state index in [2.05, 4.69) is 34.2 Å². The summed E-state index contributed by atoms with van der Waals surface area (Å²) < 4.78 is 1.08. The van der Waals surface area contributed by atoms with Gasteiger partial charge >= 0.3 is 0 Å². The Bertz CT molecular complexity index is 461. The SMILES string of the molecule is CC(=O)C1=CC=CC2C=C(Br)C=CC=C2C1. The van der Waals surface area contributed by atoms with Gasteiger partial charge in [-0.15, -0.1) is 0 Å². The predicted octanol–water partition coefficient (Wildman–Crippen LogP) is 3.85. The van der Waals surface area contributed by atoms with Gasteiger partial charge in [-0.3, -0.25) is 4.79 Å². The van der Waals surface area contributed by atoms with Crippen LogP contribution in [-0.4, -0.2) is 5.78 Å². The van der Waals surface area contributed by atoms with Crippen molar-refractivity contribution in [2.24, 2.45) is 5.92 Å². The van der Waals surface area contributed by atoms with Crippen molar-refractivity contribution in [1.82, 2.24) is 0 Å². The first-order chi connectivity index (χ1) is 7.66. The average Bonchev–Trinajstić information content (AvgIpc) is 2.49. The fraction of sp³-hybridized carbons (Fsp3) is 0.214. The molecular formula is C14H13BrO. The zero-order valence-electron chi connectivity index (χ0n) is 9.11. The number of hydrogen-bond donors (Lipinski definition) is 0. The maximum absolute atomic E-state index is 11.4. The van der Waals surface area contributed by atoms with Crippen LogP contribution in [0.25, 0.3) is 0 Å². The maximum Gasteiger partial charge on any atom is 0.156 e. The number of hydrogen-bond acceptors (Lipinski definition) is 1. The third kappa shape index (κ3) is 2.50. The molecule has 0 N–H and O–H groups in total. The van der Waals surface area contributed by atoms with Gasteiger partial charge in [-0.05, 0) is 25.0 Å². The van der Waals surface area contributed by atoms with E-state index in [0.717, 1.165) is 16.5 Å². The van der Waals surface area contributed by atoms with E-state index < -0.39 is 0 Å². The van der Waals surface area contributed by atoms with Gasteiger partial charge in [0.15, 0.2) is 5.78 Å². The Kier molecular flexibility index (Phi) is 3.39. The van der Waals surface area contributed by atoms with Crippen molar-refractivity contribution in [2.45, 2.75) is 13.3 Å². The molecule has 0 bridgehead atoms. The van der Waals surface area contributed by atoms with Gasteiger partial charge in [-0.1, -0.05) is 58.0 Å². The number of rotatable bonds is 1. The number of carbonyl (C=O) groups excluding carboxylic acids is 1. The molecule has 0 amide bonds. The van der Waals surface area contributed by atoms with Crippen LogP contribution in [0, 0.1) is 5.92 Å². The molecule has 0 radical (unpaired) electrons. The lowest BCUT2D eigenvalue weighted by Gasteiger charge is -2.11. The summed E-state index contributed by atoms with van der Waals surface area (Å²) >= 11 is 3.49. The highest BCUT2D eigenvalue weighted by atomic mass is 79.9. The molecule has 0 aromatic heterocycles. The van der Waals surface area contributed by atoms with Gasteiger partial charge in [0.2, 0.25) is 0 Å². The first kappa shape index (κ1) is 11.3. The number of halogens is 1. The molecular weight excluding hydrogens is 264 g/mol. The van der Waals surface area contributed by atoms with Gasteiger partial charge in [-0.2, -0.15) is 0 Å². The second-order valence-corrected chi connectivity index (χ2v) is 4.90. The highest BCUT2D eigenvalue weighted by molar-refractivity contribution is 9.11. The van der Waals surface area contributed by atoms with Crippen LogP contribution in [0.15, 0.2) is 58.2 Å². The summed E-state index contributed by atoms with van der Waals surface area (Å²) in [6.45, 7) is 1.62. The third-order valence-electron chi connectivity index (χ3n) is 2.80. The van der Waals surface area contributed by atoms with Crippen molar-refractivity contribution in [3.05, 3.63) is 58.2 Å². The molecule has 2 aliphatic carbocycles. The second kappa shape index (κ2) is 4.79. The average molecular weight is 277 g/mol. The van der Waals surface area contributed by atoms with Crippen LogP contribution in [0.5, 0.6) is 0 Å². The molecule has 2 rings (SSSR count). The lowest BCUT2D eigenvalue weighted by molar-refractivity contribution is -0.113. The largest absolute Gasteiger partial charge is 0.295 e. The monoisotopic (exact) mass is 276 g/mol. The van der Waals surface area contributed by atoms with Gasteiger partial charge in [0.1, 0.15) is 0 Å². The summed E-state index contributed by atoms with van der Waals surface area (Å²) in [5, 5.41) is 0. The van der Waals surface area contributed by atoms with E-state index in [4.69, 9.17) is 0 Å². The highest BCUT2D eigenvalue weighted by Gasteiger charge is 2.16. The van der Waals surface area contributed by atoms with E-state index in [-0.39, 0.29) is 11.7 Å². The zero-order valence-corrected chi connectivity index (χ0v) is 10.7. The molecule has 0 saturated carbocycles. The summed E-state index contributed by atoms with van der Waals surface area (Å²) in [6, 6.07) is 0. The number of carbonyl (C=O) groups is 1. The number of fused-ring (bicyclic) bond motifs is 1. The molecule has 2 aliphatic rings. The molecule has 0 saturated heterocycles. The Labute approximate surface area is 104 Å². The minimum atomic E-state index is 0.155. The molecule has 1 unspecified atom stereocenters. The van der Waals surface area contributed by atoms with E-state index in [1.165, 1.54) is 5.57 Å². The molecule has 0 heterocycles. The predicted molar refractivity (Wildman–Crippen MR) is 70.2 cm³/mol. The standard InChI is InChI=1S/C14H13BrO/c1-10(16)11-4-2-5-13-9-14(15)7-3-6-12(13)8-11/h2-7,9,13H,8H2,1H3. The fourth-order valence-corrected chi connectivity index (χ4v) is 2.31. The molecule has 82 valence electrons. The van der Waals surface area contributed by atoms with Crippen LogP contribution in [0.4, 0.5) is 0 Å². The van der Waals surface area contributed by atoms with Crippen molar-refractivity contribution in [1.29, 1.82) is 0 Å². The van der Waals surface area contributed by atoms with E-state index in [1.807, 2.05) is 24.3 Å². The molecule has 1 atom stereocenters. The van der Waals surface area contributed by atoms with E-state index in [1.54, 1.807) is 6.92 Å². The Morgan fingerprint density at radius 2 is 2.19 bits per heavy atom. The highest BCUT2D eigenvalue weighted by Crippen LogP contribution is 2.29. The number of ketones is 1. The lowest BCUT2D eigenvalue weighted by atomic mass is 9.93. The van der Waals surface area contributed by atoms with Gasteiger partial charge < -0.3 is 0 Å². The summed E-state index contributed by atoms with van der Waals surface area (Å²) in [5.41, 5.74) is 2.14. The Balaban J connectivity index is 2.34. The normalized spacial score (nSPS) is 23.6. The van der Waals surface area contributed by atoms with Crippen LogP contribution in [0.1, 0.15) is 13.3 Å². The third-order valence-corrected chi connectivity index (χ3v) is 3.32. The van der Waals surface area contributed by atoms with Crippen LogP contribution in [0.3, 0.4) is 0 Å². The molecule has 0 spiro atoms. The van der Waals surface area contributed by atoms with Crippen molar-refractivity contribution in [3.8, 4) is 0 Å². The molecule has 0 aromatic rings. The summed E-state index contributed by atoms with van der Waals surface area (Å²) in [6.07, 6.45) is 15.1. The van der Waals surface area contributed by atoms with Crippen molar-refractivity contribution in [3.63, 3.8) is 0 Å². The number of allylic oxidation sites excluding steroid dienone is 10. The zero-order chi connectivity index (χ0) is 11.5. The van der Waals surface area contributed by atoms with Gasteiger partial charge in [0.25, 0.3) is 0 Å². The molecule has 0 aliphatic heterocycles. The molecule has 2 heteroatoms. The van der Waals surface area contributed by atoms with E-state index >= 15 is 0 Å². The first-order valence-electron chi connectivity index (χ1n) is 5.29. The van der Waals surface area contributed by atoms with Gasteiger partial charge in [-0.25, -0.2) is 0 Å². The van der Waals surface area contributed by atoms with Crippen LogP contribution >= 0.6 is 15.9 Å². The Morgan fingerprint density at radius 3 is 2.94 bits per heavy atom. The second-order valence-electron chi connectivity index (χ2n) is 3.99. The van der Waals surface area contributed by atoms with Crippen LogP contribution in [0.2, 0.25) is 0 Å². The first-order valence-corrected chi connectivity index (χ1v) is 6.09. The lowest BCUT2D eigenvalue weighted by Crippen LogP contribution is -2.02. The van der Waals surface area contributed by atoms with Crippen molar-refractivity contribution < 1.29 is 4.79 Å². The molecule has 0 fully saturated rings. The molecule has 1 nitrogen and oxygen atoms in total. The minimum Gasteiger partial charge on any atom is -0.295 e. The van der Waals surface area contributed by atoms with E-state index in [9.17, 15) is 4.79 Å². The van der Waals surface area contributed by atoms with Crippen molar-refractivity contribution in [2.75, 3.05) is 0 Å². The Morgan fingerprint density at radius 1 is 1.38 bits per heavy atom. The summed E-state index contributed by atoms with van der Waals surface area (Å²) in [5.74, 6) is 0.444.